The maximum Gasteiger partial charge on any atom is 0.262 e. The van der Waals surface area contributed by atoms with Crippen molar-refractivity contribution in [3.05, 3.63) is 52.8 Å². The zero-order chi connectivity index (χ0) is 17.8. The molecule has 0 radical (unpaired) electrons. The Labute approximate surface area is 153 Å². The lowest BCUT2D eigenvalue weighted by Gasteiger charge is -2.10. The van der Waals surface area contributed by atoms with Crippen LogP contribution >= 0.6 is 23.2 Å². The van der Waals surface area contributed by atoms with Gasteiger partial charge in [-0.05, 0) is 24.3 Å². The predicted octanol–water partition coefficient (Wildman–Crippen LogP) is 3.96. The van der Waals surface area contributed by atoms with Crippen LogP contribution < -0.4 is 14.8 Å². The van der Waals surface area contributed by atoms with Crippen LogP contribution in [0, 0.1) is 0 Å². The number of fused-ring (bicyclic) bond motifs is 1. The van der Waals surface area contributed by atoms with E-state index in [1.165, 1.54) is 6.33 Å². The Kier molecular flexibility index (Phi) is 5.21. The first-order valence-corrected chi connectivity index (χ1v) is 7.99. The molecule has 1 heterocycles. The molecule has 1 amide bonds. The summed E-state index contributed by atoms with van der Waals surface area (Å²) in [5.41, 5.74) is 1.11. The van der Waals surface area contributed by atoms with E-state index in [4.69, 9.17) is 32.7 Å². The molecule has 6 nitrogen and oxygen atoms in total. The highest BCUT2D eigenvalue weighted by Crippen LogP contribution is 2.30. The van der Waals surface area contributed by atoms with Gasteiger partial charge in [-0.1, -0.05) is 29.3 Å². The van der Waals surface area contributed by atoms with E-state index in [1.807, 2.05) is 0 Å². The number of carbonyl (C=O) groups excluding carboxylic acids is 1. The first kappa shape index (κ1) is 17.3. The molecule has 3 aromatic rings. The van der Waals surface area contributed by atoms with Crippen molar-refractivity contribution in [1.82, 2.24) is 9.97 Å². The minimum atomic E-state index is -0.340. The van der Waals surface area contributed by atoms with Crippen molar-refractivity contribution in [3.63, 3.8) is 0 Å². The lowest BCUT2D eigenvalue weighted by Crippen LogP contribution is -2.20. The highest BCUT2D eigenvalue weighted by Gasteiger charge is 2.11. The minimum absolute atomic E-state index is 0.229. The van der Waals surface area contributed by atoms with Gasteiger partial charge < -0.3 is 14.8 Å². The number of benzene rings is 2. The summed E-state index contributed by atoms with van der Waals surface area (Å²) in [4.78, 5) is 20.2. The van der Waals surface area contributed by atoms with E-state index < -0.39 is 0 Å². The summed E-state index contributed by atoms with van der Waals surface area (Å²) in [6.45, 7) is -0.229. The van der Waals surface area contributed by atoms with Gasteiger partial charge in [-0.2, -0.15) is 0 Å². The van der Waals surface area contributed by atoms with Gasteiger partial charge in [0, 0.05) is 16.8 Å². The number of hydrogen-bond acceptors (Lipinski definition) is 5. The number of carbonyl (C=O) groups is 1. The molecule has 0 spiro atoms. The Morgan fingerprint density at radius 1 is 1.20 bits per heavy atom. The highest BCUT2D eigenvalue weighted by atomic mass is 35.5. The number of hydrogen-bond donors (Lipinski definition) is 1. The van der Waals surface area contributed by atoms with Crippen LogP contribution in [0.2, 0.25) is 10.0 Å². The maximum atomic E-state index is 12.1. The van der Waals surface area contributed by atoms with Crippen LogP contribution in [-0.4, -0.2) is 29.6 Å². The van der Waals surface area contributed by atoms with E-state index in [9.17, 15) is 4.79 Å². The van der Waals surface area contributed by atoms with Gasteiger partial charge in [0.05, 0.1) is 23.0 Å². The summed E-state index contributed by atoms with van der Waals surface area (Å²) >= 11 is 12.1. The van der Waals surface area contributed by atoms with Crippen molar-refractivity contribution in [3.8, 4) is 11.6 Å². The van der Waals surface area contributed by atoms with Crippen molar-refractivity contribution in [1.29, 1.82) is 0 Å². The average Bonchev–Trinajstić information content (AvgIpc) is 2.60. The summed E-state index contributed by atoms with van der Waals surface area (Å²) in [6, 6.07) is 10.2. The van der Waals surface area contributed by atoms with E-state index in [0.717, 1.165) is 0 Å². The predicted molar refractivity (Wildman–Crippen MR) is 96.7 cm³/mol. The van der Waals surface area contributed by atoms with Crippen molar-refractivity contribution in [2.45, 2.75) is 0 Å². The topological polar surface area (TPSA) is 73.3 Å². The van der Waals surface area contributed by atoms with Crippen LogP contribution in [0.4, 0.5) is 5.69 Å². The number of aromatic nitrogens is 2. The summed E-state index contributed by atoms with van der Waals surface area (Å²) in [5, 5.41) is 4.07. The van der Waals surface area contributed by atoms with Crippen molar-refractivity contribution in [2.24, 2.45) is 0 Å². The van der Waals surface area contributed by atoms with E-state index >= 15 is 0 Å². The lowest BCUT2D eigenvalue weighted by atomic mass is 10.2. The zero-order valence-electron chi connectivity index (χ0n) is 13.1. The summed E-state index contributed by atoms with van der Waals surface area (Å²) < 4.78 is 10.6. The third-order valence-corrected chi connectivity index (χ3v) is 3.82. The van der Waals surface area contributed by atoms with Crippen LogP contribution in [0.3, 0.4) is 0 Å². The SMILES string of the molecule is COc1cccc(NC(=O)COc2ncnc3c(Cl)cc(Cl)cc23)c1. The van der Waals surface area contributed by atoms with Gasteiger partial charge in [0.1, 0.15) is 12.1 Å². The largest absolute Gasteiger partial charge is 0.497 e. The Morgan fingerprint density at radius 3 is 2.84 bits per heavy atom. The second-order valence-electron chi connectivity index (χ2n) is 5.03. The average molecular weight is 378 g/mol. The Morgan fingerprint density at radius 2 is 2.04 bits per heavy atom. The van der Waals surface area contributed by atoms with Crippen molar-refractivity contribution < 1.29 is 14.3 Å². The fourth-order valence-electron chi connectivity index (χ4n) is 2.22. The van der Waals surface area contributed by atoms with E-state index in [2.05, 4.69) is 15.3 Å². The van der Waals surface area contributed by atoms with Crippen LogP contribution in [-0.2, 0) is 4.79 Å². The number of halogens is 2. The molecule has 0 saturated heterocycles. The van der Waals surface area contributed by atoms with E-state index in [-0.39, 0.29) is 18.4 Å². The van der Waals surface area contributed by atoms with Gasteiger partial charge in [0.2, 0.25) is 5.88 Å². The Bertz CT molecular complexity index is 934. The summed E-state index contributed by atoms with van der Waals surface area (Å²) in [6.07, 6.45) is 1.32. The molecule has 2 aromatic carbocycles. The highest BCUT2D eigenvalue weighted by molar-refractivity contribution is 6.38. The molecule has 25 heavy (non-hydrogen) atoms. The third kappa shape index (κ3) is 4.10. The number of amides is 1. The normalized spacial score (nSPS) is 10.5. The first-order valence-electron chi connectivity index (χ1n) is 7.23. The van der Waals surface area contributed by atoms with E-state index in [0.29, 0.717) is 32.4 Å². The molecule has 128 valence electrons. The smallest absolute Gasteiger partial charge is 0.262 e. The lowest BCUT2D eigenvalue weighted by molar-refractivity contribution is -0.118. The van der Waals surface area contributed by atoms with Gasteiger partial charge in [-0.15, -0.1) is 0 Å². The van der Waals surface area contributed by atoms with Gasteiger partial charge in [-0.25, -0.2) is 9.97 Å². The molecule has 0 atom stereocenters. The van der Waals surface area contributed by atoms with Gasteiger partial charge in [-0.3, -0.25) is 4.79 Å². The van der Waals surface area contributed by atoms with Crippen LogP contribution in [0.25, 0.3) is 10.9 Å². The number of ether oxygens (including phenoxy) is 2. The molecule has 0 fully saturated rings. The fourth-order valence-corrected chi connectivity index (χ4v) is 2.76. The van der Waals surface area contributed by atoms with Crippen molar-refractivity contribution >= 4 is 45.7 Å². The number of methoxy groups -OCH3 is 1. The summed E-state index contributed by atoms with van der Waals surface area (Å²) in [5.74, 6) is 0.535. The number of rotatable bonds is 5. The Balaban J connectivity index is 1.73. The molecule has 0 aliphatic rings. The van der Waals surface area contributed by atoms with Crippen LogP contribution in [0.1, 0.15) is 0 Å². The van der Waals surface area contributed by atoms with Crippen LogP contribution in [0.5, 0.6) is 11.6 Å². The zero-order valence-corrected chi connectivity index (χ0v) is 14.6. The fraction of sp³-hybridized carbons (Fsp3) is 0.118. The molecule has 3 rings (SSSR count). The number of nitrogens with one attached hydrogen (secondary N) is 1. The van der Waals surface area contributed by atoms with Crippen LogP contribution in [0.15, 0.2) is 42.7 Å². The molecule has 1 aromatic heterocycles. The van der Waals surface area contributed by atoms with Gasteiger partial charge in [0.15, 0.2) is 6.61 Å². The van der Waals surface area contributed by atoms with E-state index in [1.54, 1.807) is 43.5 Å². The van der Waals surface area contributed by atoms with Crippen molar-refractivity contribution in [2.75, 3.05) is 19.0 Å². The molecule has 1 N–H and O–H groups in total. The third-order valence-electron chi connectivity index (χ3n) is 3.31. The quantitative estimate of drug-likeness (QED) is 0.728. The first-order chi connectivity index (χ1) is 12.1. The molecule has 8 heteroatoms. The van der Waals surface area contributed by atoms with Gasteiger partial charge >= 0.3 is 0 Å². The monoisotopic (exact) mass is 377 g/mol. The standard InChI is InChI=1S/C17H13Cl2N3O3/c1-24-12-4-2-3-11(7-12)22-15(23)8-25-17-13-5-10(18)6-14(19)16(13)20-9-21-17/h2-7,9H,8H2,1H3,(H,22,23). The Hall–Kier alpha value is -2.57. The molecular formula is C17H13Cl2N3O3. The molecule has 0 bridgehead atoms. The second kappa shape index (κ2) is 7.55. The molecular weight excluding hydrogens is 365 g/mol. The number of anilines is 1. The van der Waals surface area contributed by atoms with Gasteiger partial charge in [0.25, 0.3) is 5.91 Å². The molecule has 0 aliphatic carbocycles. The second-order valence-corrected chi connectivity index (χ2v) is 5.88. The minimum Gasteiger partial charge on any atom is -0.497 e. The molecule has 0 aliphatic heterocycles. The maximum absolute atomic E-state index is 12.1. The number of nitrogens with zero attached hydrogens (tertiary/aromatic N) is 2. The molecule has 0 saturated carbocycles. The molecule has 0 unspecified atom stereocenters. The summed E-state index contributed by atoms with van der Waals surface area (Å²) in [7, 11) is 1.56.